The topological polar surface area (TPSA) is 39.2 Å². The van der Waals surface area contributed by atoms with Gasteiger partial charge in [0.2, 0.25) is 0 Å². The Morgan fingerprint density at radius 1 is 1.42 bits per heavy atom. The molecule has 5 heteroatoms. The molecule has 1 fully saturated rings. The van der Waals surface area contributed by atoms with Gasteiger partial charge in [0.25, 0.3) is 0 Å². The summed E-state index contributed by atoms with van der Waals surface area (Å²) in [6.07, 6.45) is 2.65. The minimum Gasteiger partial charge on any atom is -0.497 e. The van der Waals surface area contributed by atoms with Crippen LogP contribution in [0.25, 0.3) is 11.0 Å². The molecule has 102 valence electrons. The molecule has 0 atom stereocenters. The Balaban J connectivity index is 1.73. The van der Waals surface area contributed by atoms with Crippen molar-refractivity contribution in [3.05, 3.63) is 23.0 Å². The van der Waals surface area contributed by atoms with E-state index in [9.17, 15) is 0 Å². The average Bonchev–Trinajstić information content (AvgIpc) is 3.18. The van der Waals surface area contributed by atoms with Gasteiger partial charge in [0.15, 0.2) is 4.77 Å². The third kappa shape index (κ3) is 2.82. The number of imidazole rings is 1. The number of nitrogens with one attached hydrogen (secondary N) is 1. The first-order valence-electron chi connectivity index (χ1n) is 6.62. The van der Waals surface area contributed by atoms with Crippen LogP contribution in [-0.4, -0.2) is 29.9 Å². The summed E-state index contributed by atoms with van der Waals surface area (Å²) in [5.74, 6) is 1.64. The molecule has 1 aromatic heterocycles. The number of ether oxygens (including phenoxy) is 2. The molecule has 0 aliphatic heterocycles. The van der Waals surface area contributed by atoms with Crippen molar-refractivity contribution in [3.8, 4) is 5.75 Å². The van der Waals surface area contributed by atoms with Gasteiger partial charge in [-0.2, -0.15) is 0 Å². The van der Waals surface area contributed by atoms with Gasteiger partial charge in [0.05, 0.1) is 24.8 Å². The van der Waals surface area contributed by atoms with Crippen molar-refractivity contribution in [1.82, 2.24) is 9.55 Å². The van der Waals surface area contributed by atoms with Gasteiger partial charge in [0.1, 0.15) is 5.75 Å². The molecule has 0 amide bonds. The molecule has 0 bridgehead atoms. The fourth-order valence-electron chi connectivity index (χ4n) is 2.18. The molecule has 1 saturated carbocycles. The van der Waals surface area contributed by atoms with Crippen LogP contribution in [0.3, 0.4) is 0 Å². The molecule has 0 radical (unpaired) electrons. The van der Waals surface area contributed by atoms with Crippen LogP contribution in [0.5, 0.6) is 5.75 Å². The number of rotatable bonds is 6. The van der Waals surface area contributed by atoms with Crippen molar-refractivity contribution in [2.75, 3.05) is 20.3 Å². The van der Waals surface area contributed by atoms with Crippen molar-refractivity contribution in [3.63, 3.8) is 0 Å². The molecule has 1 aromatic carbocycles. The van der Waals surface area contributed by atoms with Crippen molar-refractivity contribution in [2.45, 2.75) is 19.4 Å². The van der Waals surface area contributed by atoms with Crippen LogP contribution >= 0.6 is 12.2 Å². The number of hydrogen-bond acceptors (Lipinski definition) is 3. The maximum atomic E-state index is 5.67. The van der Waals surface area contributed by atoms with Crippen LogP contribution in [0, 0.1) is 10.7 Å². The second-order valence-electron chi connectivity index (χ2n) is 4.98. The highest BCUT2D eigenvalue weighted by atomic mass is 32.1. The summed E-state index contributed by atoms with van der Waals surface area (Å²) in [6.45, 7) is 2.39. The lowest BCUT2D eigenvalue weighted by Crippen LogP contribution is -2.07. The Bertz CT molecular complexity index is 628. The Morgan fingerprint density at radius 2 is 2.26 bits per heavy atom. The first-order chi connectivity index (χ1) is 9.28. The Hall–Kier alpha value is -1.33. The zero-order valence-electron chi connectivity index (χ0n) is 11.0. The Kier molecular flexibility index (Phi) is 3.57. The molecule has 0 saturated heterocycles. The monoisotopic (exact) mass is 278 g/mol. The summed E-state index contributed by atoms with van der Waals surface area (Å²) >= 11 is 5.36. The van der Waals surface area contributed by atoms with Gasteiger partial charge in [-0.05, 0) is 43.1 Å². The van der Waals surface area contributed by atoms with Crippen molar-refractivity contribution in [1.29, 1.82) is 0 Å². The summed E-state index contributed by atoms with van der Waals surface area (Å²) in [7, 11) is 1.67. The minimum absolute atomic E-state index is 0.712. The first kappa shape index (κ1) is 12.7. The van der Waals surface area contributed by atoms with E-state index in [1.165, 1.54) is 12.8 Å². The van der Waals surface area contributed by atoms with E-state index in [0.717, 1.165) is 40.6 Å². The number of hydrogen-bond donors (Lipinski definition) is 1. The Morgan fingerprint density at radius 3 is 3.00 bits per heavy atom. The first-order valence-corrected chi connectivity index (χ1v) is 7.03. The quantitative estimate of drug-likeness (QED) is 0.652. The molecule has 1 aliphatic carbocycles. The highest BCUT2D eigenvalue weighted by Crippen LogP contribution is 2.28. The molecule has 0 spiro atoms. The molecule has 4 nitrogen and oxygen atoms in total. The summed E-state index contributed by atoms with van der Waals surface area (Å²) in [6, 6.07) is 5.94. The van der Waals surface area contributed by atoms with Gasteiger partial charge in [-0.1, -0.05) is 0 Å². The smallest absolute Gasteiger partial charge is 0.178 e. The predicted molar refractivity (Wildman–Crippen MR) is 77.2 cm³/mol. The fourth-order valence-corrected chi connectivity index (χ4v) is 2.48. The zero-order chi connectivity index (χ0) is 13.2. The third-order valence-electron chi connectivity index (χ3n) is 3.49. The normalized spacial score (nSPS) is 15.0. The molecule has 1 aliphatic rings. The fraction of sp³-hybridized carbons (Fsp3) is 0.500. The number of aromatic nitrogens is 2. The van der Waals surface area contributed by atoms with Gasteiger partial charge in [-0.3, -0.25) is 0 Å². The predicted octanol–water partition coefficient (Wildman–Crippen LogP) is 3.13. The van der Waals surface area contributed by atoms with Crippen molar-refractivity contribution >= 4 is 23.3 Å². The van der Waals surface area contributed by atoms with E-state index in [-0.39, 0.29) is 0 Å². The average molecular weight is 278 g/mol. The van der Waals surface area contributed by atoms with Crippen LogP contribution in [0.1, 0.15) is 12.8 Å². The molecule has 1 heterocycles. The molecule has 1 N–H and O–H groups in total. The summed E-state index contributed by atoms with van der Waals surface area (Å²) in [4.78, 5) is 3.21. The number of aromatic amines is 1. The maximum absolute atomic E-state index is 5.67. The van der Waals surface area contributed by atoms with E-state index >= 15 is 0 Å². The number of fused-ring (bicyclic) bond motifs is 1. The van der Waals surface area contributed by atoms with E-state index in [4.69, 9.17) is 21.7 Å². The van der Waals surface area contributed by atoms with Gasteiger partial charge >= 0.3 is 0 Å². The van der Waals surface area contributed by atoms with Gasteiger partial charge < -0.3 is 19.0 Å². The van der Waals surface area contributed by atoms with Crippen LogP contribution in [0.15, 0.2) is 18.2 Å². The molecule has 19 heavy (non-hydrogen) atoms. The van der Waals surface area contributed by atoms with Gasteiger partial charge in [0, 0.05) is 19.2 Å². The van der Waals surface area contributed by atoms with E-state index in [1.54, 1.807) is 7.11 Å². The second kappa shape index (κ2) is 5.35. The number of methoxy groups -OCH3 is 1. The third-order valence-corrected chi connectivity index (χ3v) is 3.81. The lowest BCUT2D eigenvalue weighted by Gasteiger charge is -2.06. The van der Waals surface area contributed by atoms with Crippen LogP contribution in [0.4, 0.5) is 0 Å². The highest BCUT2D eigenvalue weighted by molar-refractivity contribution is 7.71. The largest absolute Gasteiger partial charge is 0.497 e. The summed E-state index contributed by atoms with van der Waals surface area (Å²) in [5, 5.41) is 0. The molecule has 0 unspecified atom stereocenters. The number of benzene rings is 1. The SMILES string of the molecule is COc1ccc2c(c1)[nH]c(=S)n2CCOCC1CC1. The van der Waals surface area contributed by atoms with Crippen LogP contribution in [0.2, 0.25) is 0 Å². The maximum Gasteiger partial charge on any atom is 0.178 e. The van der Waals surface area contributed by atoms with Crippen molar-refractivity contribution < 1.29 is 9.47 Å². The minimum atomic E-state index is 0.712. The number of nitrogens with zero attached hydrogens (tertiary/aromatic N) is 1. The lowest BCUT2D eigenvalue weighted by atomic mass is 10.3. The molecule has 3 rings (SSSR count). The standard InChI is InChI=1S/C14H18N2O2S/c1-17-11-4-5-13-12(8-11)15-14(19)16(13)6-7-18-9-10-2-3-10/h4-5,8,10H,2-3,6-7,9H2,1H3,(H,15,19). The van der Waals surface area contributed by atoms with Crippen molar-refractivity contribution in [2.24, 2.45) is 5.92 Å². The highest BCUT2D eigenvalue weighted by Gasteiger charge is 2.20. The van der Waals surface area contributed by atoms with E-state index in [0.29, 0.717) is 6.61 Å². The van der Waals surface area contributed by atoms with Gasteiger partial charge in [-0.25, -0.2) is 0 Å². The lowest BCUT2D eigenvalue weighted by molar-refractivity contribution is 0.117. The van der Waals surface area contributed by atoms with E-state index < -0.39 is 0 Å². The summed E-state index contributed by atoms with van der Waals surface area (Å²) < 4.78 is 13.7. The molecular weight excluding hydrogens is 260 g/mol. The zero-order valence-corrected chi connectivity index (χ0v) is 11.8. The van der Waals surface area contributed by atoms with Crippen LogP contribution in [-0.2, 0) is 11.3 Å². The van der Waals surface area contributed by atoms with Crippen LogP contribution < -0.4 is 4.74 Å². The van der Waals surface area contributed by atoms with E-state index in [1.807, 2.05) is 18.2 Å². The summed E-state index contributed by atoms with van der Waals surface area (Å²) in [5.41, 5.74) is 2.10. The Labute approximate surface area is 117 Å². The van der Waals surface area contributed by atoms with E-state index in [2.05, 4.69) is 9.55 Å². The molecule has 2 aromatic rings. The molecular formula is C14H18N2O2S. The van der Waals surface area contributed by atoms with Gasteiger partial charge in [-0.15, -0.1) is 0 Å². The second-order valence-corrected chi connectivity index (χ2v) is 5.37. The number of H-pyrrole nitrogens is 1.